The zero-order valence-corrected chi connectivity index (χ0v) is 4.06. The molecule has 0 spiro atoms. The van der Waals surface area contributed by atoms with E-state index in [1.807, 2.05) is 0 Å². The highest BCUT2D eigenvalue weighted by molar-refractivity contribution is 4.36. The third-order valence-electron chi connectivity index (χ3n) is 0.353. The molecule has 0 aliphatic carbocycles. The molecule has 6 heavy (non-hydrogen) atoms. The van der Waals surface area contributed by atoms with Crippen molar-refractivity contribution in [2.24, 2.45) is 0 Å². The number of ether oxygens (including phenoxy) is 1. The van der Waals surface area contributed by atoms with Crippen LogP contribution in [0.5, 0.6) is 0 Å². The van der Waals surface area contributed by atoms with Crippen LogP contribution in [0.1, 0.15) is 8.29 Å². The summed E-state index contributed by atoms with van der Waals surface area (Å²) >= 11 is 0. The molecule has 0 amide bonds. The Labute approximate surface area is 39.1 Å². The summed E-state index contributed by atoms with van der Waals surface area (Å²) in [5.74, 6) is 0. The number of methoxy groups -OCH3 is 1. The van der Waals surface area contributed by atoms with Gasteiger partial charge in [-0.25, -0.2) is 0 Å². The zero-order valence-electron chi connectivity index (χ0n) is 5.06. The molecule has 0 saturated heterocycles. The predicted octanol–water partition coefficient (Wildman–Crippen LogP) is 0.0136. The van der Waals surface area contributed by atoms with Crippen molar-refractivity contribution in [2.45, 2.75) is 13.0 Å². The van der Waals surface area contributed by atoms with Crippen molar-refractivity contribution in [2.75, 3.05) is 13.7 Å². The summed E-state index contributed by atoms with van der Waals surface area (Å²) in [5.41, 5.74) is 0. The van der Waals surface area contributed by atoms with E-state index in [0.717, 1.165) is 0 Å². The molecule has 0 radical (unpaired) electrons. The van der Waals surface area contributed by atoms with E-state index in [-0.39, 0.29) is 6.61 Å². The predicted molar refractivity (Wildman–Crippen MR) is 23.6 cm³/mol. The van der Waals surface area contributed by atoms with Crippen molar-refractivity contribution in [3.8, 4) is 0 Å². The van der Waals surface area contributed by atoms with Gasteiger partial charge in [0.05, 0.1) is 14.1 Å². The summed E-state index contributed by atoms with van der Waals surface area (Å²) in [7, 11) is 1.45. The number of hydrogen-bond acceptors (Lipinski definition) is 2. The standard InChI is InChI=1S/C4H10O2/c1-4(5)3-6-2/h4-5H,3H2,1-2H3/i4D. The van der Waals surface area contributed by atoms with Gasteiger partial charge in [0, 0.05) is 7.11 Å². The summed E-state index contributed by atoms with van der Waals surface area (Å²) in [5, 5.41) is 8.56. The van der Waals surface area contributed by atoms with Gasteiger partial charge in [-0.2, -0.15) is 0 Å². The molecule has 0 aromatic heterocycles. The average Bonchev–Trinajstić information content (AvgIpc) is 1.30. The van der Waals surface area contributed by atoms with Gasteiger partial charge in [0.2, 0.25) is 0 Å². The van der Waals surface area contributed by atoms with Gasteiger partial charge in [0.15, 0.2) is 0 Å². The van der Waals surface area contributed by atoms with Crippen molar-refractivity contribution in [1.82, 2.24) is 0 Å². The van der Waals surface area contributed by atoms with Crippen LogP contribution in [-0.2, 0) is 4.74 Å². The van der Waals surface area contributed by atoms with E-state index in [1.54, 1.807) is 0 Å². The molecule has 0 aromatic rings. The maximum atomic E-state index is 8.56. The molecular weight excluding hydrogens is 80.0 g/mol. The van der Waals surface area contributed by atoms with E-state index in [4.69, 9.17) is 6.48 Å². The fourth-order valence-electron chi connectivity index (χ4n) is 0.209. The minimum atomic E-state index is -1.42. The van der Waals surface area contributed by atoms with Crippen LogP contribution in [0, 0.1) is 0 Å². The molecule has 2 nitrogen and oxygen atoms in total. The summed E-state index contributed by atoms with van der Waals surface area (Å²) in [6.45, 7) is 1.43. The molecule has 0 aromatic carbocycles. The first-order valence-corrected chi connectivity index (χ1v) is 1.77. The summed E-state index contributed by atoms with van der Waals surface area (Å²) < 4.78 is 11.2. The van der Waals surface area contributed by atoms with Gasteiger partial charge >= 0.3 is 0 Å². The molecule has 0 aliphatic heterocycles. The first kappa shape index (κ1) is 4.09. The van der Waals surface area contributed by atoms with Crippen molar-refractivity contribution in [3.05, 3.63) is 0 Å². The molecule has 0 rings (SSSR count). The molecule has 0 heterocycles. The Morgan fingerprint density at radius 3 is 2.67 bits per heavy atom. The highest BCUT2D eigenvalue weighted by Crippen LogP contribution is 1.75. The second-order valence-electron chi connectivity index (χ2n) is 1.17. The molecule has 0 bridgehead atoms. The number of aliphatic hydroxyl groups is 1. The zero-order chi connectivity index (χ0) is 5.91. The summed E-state index contributed by atoms with van der Waals surface area (Å²) in [6.07, 6.45) is -1.42. The van der Waals surface area contributed by atoms with Gasteiger partial charge in [-0.15, -0.1) is 0 Å². The van der Waals surface area contributed by atoms with Crippen molar-refractivity contribution < 1.29 is 11.2 Å². The van der Waals surface area contributed by atoms with Gasteiger partial charge in [-0.3, -0.25) is 0 Å². The topological polar surface area (TPSA) is 29.5 Å². The van der Waals surface area contributed by atoms with Crippen LogP contribution in [0.2, 0.25) is 0 Å². The Morgan fingerprint density at radius 1 is 2.17 bits per heavy atom. The van der Waals surface area contributed by atoms with Crippen LogP contribution in [0.15, 0.2) is 0 Å². The lowest BCUT2D eigenvalue weighted by molar-refractivity contribution is 0.0765. The highest BCUT2D eigenvalue weighted by Gasteiger charge is 1.87. The fraction of sp³-hybridized carbons (Fsp3) is 1.00. The smallest absolute Gasteiger partial charge is 0.0745 e. The van der Waals surface area contributed by atoms with Crippen LogP contribution in [0.4, 0.5) is 0 Å². The molecule has 0 saturated carbocycles. The van der Waals surface area contributed by atoms with Crippen LogP contribution < -0.4 is 0 Å². The molecule has 1 N–H and O–H groups in total. The maximum absolute atomic E-state index is 8.56. The van der Waals surface area contributed by atoms with Gasteiger partial charge in [0.1, 0.15) is 0 Å². The Morgan fingerprint density at radius 2 is 2.67 bits per heavy atom. The lowest BCUT2D eigenvalue weighted by atomic mass is 10.5. The van der Waals surface area contributed by atoms with Crippen molar-refractivity contribution in [1.29, 1.82) is 0 Å². The molecule has 2 heteroatoms. The maximum Gasteiger partial charge on any atom is 0.0745 e. The normalized spacial score (nSPS) is 22.2. The summed E-state index contributed by atoms with van der Waals surface area (Å²) in [6, 6.07) is 0. The van der Waals surface area contributed by atoms with Crippen LogP contribution in [0.25, 0.3) is 0 Å². The SMILES string of the molecule is [2H]C(C)(O)COC. The quantitative estimate of drug-likeness (QED) is 0.519. The van der Waals surface area contributed by atoms with Gasteiger partial charge in [-0.1, -0.05) is 0 Å². The van der Waals surface area contributed by atoms with Crippen molar-refractivity contribution >= 4 is 0 Å². The third-order valence-corrected chi connectivity index (χ3v) is 0.353. The Hall–Kier alpha value is -0.0800. The molecule has 0 aliphatic rings. The highest BCUT2D eigenvalue weighted by atomic mass is 16.5. The van der Waals surface area contributed by atoms with E-state index < -0.39 is 6.08 Å². The second-order valence-corrected chi connectivity index (χ2v) is 1.17. The average molecular weight is 91.1 g/mol. The fourth-order valence-corrected chi connectivity index (χ4v) is 0.209. The van der Waals surface area contributed by atoms with Crippen LogP contribution in [0.3, 0.4) is 0 Å². The molecule has 0 fully saturated rings. The van der Waals surface area contributed by atoms with Gasteiger partial charge in [0.25, 0.3) is 0 Å². The first-order chi connectivity index (χ1) is 3.06. The molecule has 1 unspecified atom stereocenters. The lowest BCUT2D eigenvalue weighted by Crippen LogP contribution is -2.07. The first-order valence-electron chi connectivity index (χ1n) is 2.27. The van der Waals surface area contributed by atoms with Crippen LogP contribution in [-0.4, -0.2) is 24.9 Å². The lowest BCUT2D eigenvalue weighted by Gasteiger charge is -1.97. The number of hydrogen-bond donors (Lipinski definition) is 1. The number of rotatable bonds is 2. The van der Waals surface area contributed by atoms with Gasteiger partial charge < -0.3 is 9.84 Å². The van der Waals surface area contributed by atoms with Gasteiger partial charge in [-0.05, 0) is 6.92 Å². The van der Waals surface area contributed by atoms with Crippen molar-refractivity contribution in [3.63, 3.8) is 0 Å². The summed E-state index contributed by atoms with van der Waals surface area (Å²) in [4.78, 5) is 0. The Kier molecular flexibility index (Phi) is 2.13. The minimum absolute atomic E-state index is 0.0625. The van der Waals surface area contributed by atoms with E-state index in [2.05, 4.69) is 4.74 Å². The largest absolute Gasteiger partial charge is 0.391 e. The second kappa shape index (κ2) is 3.12. The van der Waals surface area contributed by atoms with E-state index in [0.29, 0.717) is 0 Å². The monoisotopic (exact) mass is 91.1 g/mol. The minimum Gasteiger partial charge on any atom is -0.391 e. The van der Waals surface area contributed by atoms with E-state index in [9.17, 15) is 0 Å². The molecular formula is C4H10O2. The van der Waals surface area contributed by atoms with Crippen LogP contribution >= 0.6 is 0 Å². The molecule has 38 valence electrons. The van der Waals surface area contributed by atoms with E-state index >= 15 is 0 Å². The molecule has 1 atom stereocenters. The Bertz CT molecular complexity index is 48.1. The van der Waals surface area contributed by atoms with E-state index in [1.165, 1.54) is 14.0 Å². The Balaban J connectivity index is 3.15. The third kappa shape index (κ3) is 3.92.